The van der Waals surface area contributed by atoms with Crippen LogP contribution in [-0.4, -0.2) is 4.98 Å². The van der Waals surface area contributed by atoms with Gasteiger partial charge < -0.3 is 5.32 Å². The summed E-state index contributed by atoms with van der Waals surface area (Å²) in [5.41, 5.74) is 19.6. The van der Waals surface area contributed by atoms with Gasteiger partial charge in [-0.05, 0) is 84.5 Å². The quantitative estimate of drug-likeness (QED) is 0.206. The second kappa shape index (κ2) is 10.7. The summed E-state index contributed by atoms with van der Waals surface area (Å²) in [6.45, 7) is 0. The molecule has 11 rings (SSSR count). The Balaban J connectivity index is 1.14. The first-order chi connectivity index (χ1) is 25.3. The van der Waals surface area contributed by atoms with Crippen LogP contribution in [0.3, 0.4) is 0 Å². The fourth-order valence-electron chi connectivity index (χ4n) is 9.27. The summed E-state index contributed by atoms with van der Waals surface area (Å²) in [7, 11) is 0. The van der Waals surface area contributed by atoms with E-state index in [0.717, 1.165) is 16.6 Å². The van der Waals surface area contributed by atoms with E-state index in [4.69, 9.17) is 4.98 Å². The first-order valence-corrected chi connectivity index (χ1v) is 17.8. The molecule has 1 spiro atoms. The number of hydrogen-bond donors (Lipinski definition) is 1. The number of nitrogens with zero attached hydrogens (tertiary/aromatic N) is 1. The molecule has 8 aromatic rings. The highest BCUT2D eigenvalue weighted by Gasteiger charge is 2.51. The van der Waals surface area contributed by atoms with E-state index in [1.165, 1.54) is 77.9 Å². The van der Waals surface area contributed by atoms with Crippen LogP contribution in [0.25, 0.3) is 49.9 Å². The van der Waals surface area contributed by atoms with Gasteiger partial charge in [0, 0.05) is 17.1 Å². The Morgan fingerprint density at radius 1 is 0.451 bits per heavy atom. The summed E-state index contributed by atoms with van der Waals surface area (Å²) in [5, 5.41) is 5.17. The number of benzene rings is 7. The minimum absolute atomic E-state index is 0.0709. The average Bonchev–Trinajstić information content (AvgIpc) is 3.68. The maximum atomic E-state index is 5.04. The van der Waals surface area contributed by atoms with Crippen molar-refractivity contribution in [1.29, 1.82) is 0 Å². The molecule has 1 aliphatic heterocycles. The molecule has 1 atom stereocenters. The molecule has 1 N–H and O–H groups in total. The van der Waals surface area contributed by atoms with E-state index in [9.17, 15) is 0 Å². The zero-order chi connectivity index (χ0) is 33.5. The second-order valence-corrected chi connectivity index (χ2v) is 13.9. The normalized spacial score (nSPS) is 15.7. The van der Waals surface area contributed by atoms with Crippen LogP contribution < -0.4 is 5.32 Å². The van der Waals surface area contributed by atoms with Crippen LogP contribution in [0.4, 0.5) is 5.69 Å². The van der Waals surface area contributed by atoms with Gasteiger partial charge in [-0.1, -0.05) is 164 Å². The smallest absolute Gasteiger partial charge is 0.0946 e. The lowest BCUT2D eigenvalue weighted by Crippen LogP contribution is -2.26. The van der Waals surface area contributed by atoms with E-state index in [1.807, 2.05) is 6.20 Å². The number of pyridine rings is 1. The van der Waals surface area contributed by atoms with Crippen LogP contribution in [0.1, 0.15) is 45.0 Å². The van der Waals surface area contributed by atoms with Crippen LogP contribution in [0.2, 0.25) is 0 Å². The van der Waals surface area contributed by atoms with E-state index >= 15 is 0 Å². The van der Waals surface area contributed by atoms with Crippen molar-refractivity contribution in [3.05, 3.63) is 221 Å². The van der Waals surface area contributed by atoms with E-state index in [0.29, 0.717) is 0 Å². The average molecular weight is 649 g/mol. The molecule has 2 nitrogen and oxygen atoms in total. The summed E-state index contributed by atoms with van der Waals surface area (Å²) in [5.74, 6) is 0. The molecular weight excluding hydrogens is 617 g/mol. The molecule has 2 aliphatic carbocycles. The summed E-state index contributed by atoms with van der Waals surface area (Å²) in [6.07, 6.45) is 4.37. The lowest BCUT2D eigenvalue weighted by Gasteiger charge is -2.32. The molecule has 0 saturated heterocycles. The summed E-state index contributed by atoms with van der Waals surface area (Å²) in [4.78, 5) is 5.04. The Labute approximate surface area is 297 Å². The van der Waals surface area contributed by atoms with Crippen molar-refractivity contribution >= 4 is 22.2 Å². The zero-order valence-electron chi connectivity index (χ0n) is 27.8. The van der Waals surface area contributed by atoms with Gasteiger partial charge in [-0.25, -0.2) is 0 Å². The predicted molar refractivity (Wildman–Crippen MR) is 210 cm³/mol. The highest BCUT2D eigenvalue weighted by molar-refractivity contribution is 6.06. The molecule has 7 aromatic carbocycles. The molecular formula is C49H32N2. The molecule has 0 bridgehead atoms. The molecule has 2 heterocycles. The fourth-order valence-corrected chi connectivity index (χ4v) is 9.27. The van der Waals surface area contributed by atoms with Crippen molar-refractivity contribution in [3.63, 3.8) is 0 Å². The van der Waals surface area contributed by atoms with Gasteiger partial charge in [0.2, 0.25) is 0 Å². The van der Waals surface area contributed by atoms with Gasteiger partial charge in [0.1, 0.15) is 0 Å². The second-order valence-electron chi connectivity index (χ2n) is 13.9. The van der Waals surface area contributed by atoms with Crippen molar-refractivity contribution in [1.82, 2.24) is 4.98 Å². The van der Waals surface area contributed by atoms with E-state index in [1.54, 1.807) is 0 Å². The van der Waals surface area contributed by atoms with Gasteiger partial charge in [-0.3, -0.25) is 4.98 Å². The monoisotopic (exact) mass is 648 g/mol. The molecule has 0 radical (unpaired) electrons. The lowest BCUT2D eigenvalue weighted by molar-refractivity contribution is 0.789. The van der Waals surface area contributed by atoms with Crippen LogP contribution in [0.5, 0.6) is 0 Å². The van der Waals surface area contributed by atoms with Crippen molar-refractivity contribution in [3.8, 4) is 33.4 Å². The summed E-state index contributed by atoms with van der Waals surface area (Å²) >= 11 is 0. The number of aromatic nitrogens is 1. The predicted octanol–water partition coefficient (Wildman–Crippen LogP) is 11.8. The Hall–Kier alpha value is -6.51. The zero-order valence-corrected chi connectivity index (χ0v) is 27.8. The van der Waals surface area contributed by atoms with Gasteiger partial charge in [-0.15, -0.1) is 0 Å². The standard InChI is InChI=1S/C49H32N2/c1-3-13-31(14-4-1)34-27-28-50-47-39(34)25-26-40-41(32-15-5-2-6-16-32)30-46(51-48(40)47)33-23-24-38-37-19-9-12-22-44(37)49(45(38)29-33)42-20-10-7-17-35(42)36-18-8-11-21-43(36)49/h1-30,46,51H. The molecule has 0 fully saturated rings. The maximum absolute atomic E-state index is 5.04. The van der Waals surface area contributed by atoms with Gasteiger partial charge in [0.15, 0.2) is 0 Å². The number of nitrogens with one attached hydrogen (secondary N) is 1. The van der Waals surface area contributed by atoms with Gasteiger partial charge in [0.25, 0.3) is 0 Å². The molecule has 1 unspecified atom stereocenters. The van der Waals surface area contributed by atoms with Crippen LogP contribution in [0.15, 0.2) is 182 Å². The minimum Gasteiger partial charge on any atom is -0.372 e. The molecule has 0 saturated carbocycles. The first-order valence-electron chi connectivity index (χ1n) is 17.8. The number of fused-ring (bicyclic) bond motifs is 13. The molecule has 1 aromatic heterocycles. The summed E-state index contributed by atoms with van der Waals surface area (Å²) < 4.78 is 0. The highest BCUT2D eigenvalue weighted by atomic mass is 14.9. The van der Waals surface area contributed by atoms with E-state index in [2.05, 4.69) is 181 Å². The number of rotatable bonds is 3. The molecule has 2 heteroatoms. The Morgan fingerprint density at radius 2 is 1.00 bits per heavy atom. The van der Waals surface area contributed by atoms with Crippen LogP contribution >= 0.6 is 0 Å². The van der Waals surface area contributed by atoms with Crippen LogP contribution in [0, 0.1) is 0 Å². The third kappa shape index (κ3) is 3.90. The third-order valence-corrected chi connectivity index (χ3v) is 11.4. The molecule has 238 valence electrons. The summed E-state index contributed by atoms with van der Waals surface area (Å²) in [6, 6.07) is 62.2. The molecule has 3 aliphatic rings. The highest BCUT2D eigenvalue weighted by Crippen LogP contribution is 2.63. The largest absolute Gasteiger partial charge is 0.372 e. The van der Waals surface area contributed by atoms with Crippen molar-refractivity contribution in [2.75, 3.05) is 5.32 Å². The molecule has 51 heavy (non-hydrogen) atoms. The lowest BCUT2D eigenvalue weighted by atomic mass is 9.70. The van der Waals surface area contributed by atoms with E-state index < -0.39 is 0 Å². The Morgan fingerprint density at radius 3 is 1.65 bits per heavy atom. The minimum atomic E-state index is -0.382. The molecule has 0 amide bonds. The van der Waals surface area contributed by atoms with Gasteiger partial charge in [-0.2, -0.15) is 0 Å². The van der Waals surface area contributed by atoms with Gasteiger partial charge >= 0.3 is 0 Å². The third-order valence-electron chi connectivity index (χ3n) is 11.4. The van der Waals surface area contributed by atoms with Crippen LogP contribution in [-0.2, 0) is 5.41 Å². The fraction of sp³-hybridized carbons (Fsp3) is 0.0408. The van der Waals surface area contributed by atoms with Crippen molar-refractivity contribution < 1.29 is 0 Å². The first kappa shape index (κ1) is 28.3. The Bertz CT molecular complexity index is 2660. The van der Waals surface area contributed by atoms with Crippen molar-refractivity contribution in [2.45, 2.75) is 11.5 Å². The van der Waals surface area contributed by atoms with E-state index in [-0.39, 0.29) is 11.5 Å². The topological polar surface area (TPSA) is 24.9 Å². The maximum Gasteiger partial charge on any atom is 0.0946 e. The van der Waals surface area contributed by atoms with Gasteiger partial charge in [0.05, 0.1) is 22.7 Å². The number of hydrogen-bond acceptors (Lipinski definition) is 2. The van der Waals surface area contributed by atoms with Crippen molar-refractivity contribution in [2.24, 2.45) is 0 Å². The Kier molecular flexibility index (Phi) is 5.97. The number of anilines is 1. The SMILES string of the molecule is C1=C(c2ccccc2)c2ccc3c(-c4ccccc4)ccnc3c2NC1c1ccc2c(c1)C1(c3ccccc3-c3ccccc31)c1ccccc1-2.